The number of aromatic nitrogens is 1. The molecule has 6 nitrogen and oxygen atoms in total. The summed E-state index contributed by atoms with van der Waals surface area (Å²) in [6.45, 7) is 3.17. The van der Waals surface area contributed by atoms with E-state index in [-0.39, 0.29) is 11.3 Å². The summed E-state index contributed by atoms with van der Waals surface area (Å²) in [7, 11) is 1.65. The van der Waals surface area contributed by atoms with E-state index in [0.29, 0.717) is 17.1 Å². The molecule has 1 rings (SSSR count). The molecule has 1 aromatic rings. The molecule has 0 saturated heterocycles. The molecule has 6 heteroatoms. The number of hydrogen-bond acceptors (Lipinski definition) is 4. The number of H-pyrrole nitrogens is 1. The number of pyridine rings is 1. The van der Waals surface area contributed by atoms with Crippen LogP contribution >= 0.6 is 0 Å². The molecule has 15 heavy (non-hydrogen) atoms. The summed E-state index contributed by atoms with van der Waals surface area (Å²) in [5.74, 6) is 0.498. The van der Waals surface area contributed by atoms with Crippen LogP contribution in [0, 0.1) is 35.3 Å². The van der Waals surface area contributed by atoms with Crippen molar-refractivity contribution in [3.8, 4) is 6.07 Å². The Balaban J connectivity index is 3.61. The van der Waals surface area contributed by atoms with Crippen molar-refractivity contribution in [3.63, 3.8) is 0 Å². The Morgan fingerprint density at radius 3 is 2.53 bits per heavy atom. The average Bonchev–Trinajstić information content (AvgIpc) is 2.16. The third-order valence-corrected chi connectivity index (χ3v) is 2.19. The van der Waals surface area contributed by atoms with Crippen LogP contribution in [0.4, 0.5) is 11.5 Å². The van der Waals surface area contributed by atoms with Crippen LogP contribution in [0.2, 0.25) is 0 Å². The molecule has 0 unspecified atom stereocenters. The van der Waals surface area contributed by atoms with Gasteiger partial charge in [0.15, 0.2) is 11.3 Å². The number of anilines is 1. The number of hydrogen-bond donors (Lipinski definition) is 1. The van der Waals surface area contributed by atoms with Gasteiger partial charge >= 0.3 is 5.69 Å². The van der Waals surface area contributed by atoms with Crippen LogP contribution in [0.15, 0.2) is 0 Å². The van der Waals surface area contributed by atoms with E-state index in [0.717, 1.165) is 0 Å². The Labute approximate surface area is 86.7 Å². The lowest BCUT2D eigenvalue weighted by Gasteiger charge is -2.03. The smallest absolute Gasteiger partial charge is 0.276 e. The van der Waals surface area contributed by atoms with Gasteiger partial charge in [-0.3, -0.25) is 15.4 Å². The molecular formula is C9H11N4O2+. The number of nitrogens with one attached hydrogen (secondary N) is 2. The summed E-state index contributed by atoms with van der Waals surface area (Å²) in [6, 6.07) is 1.94. The normalized spacial score (nSPS) is 9.47. The van der Waals surface area contributed by atoms with E-state index < -0.39 is 4.92 Å². The zero-order chi connectivity index (χ0) is 11.6. The van der Waals surface area contributed by atoms with E-state index in [2.05, 4.69) is 10.3 Å². The molecule has 0 aliphatic heterocycles. The summed E-state index contributed by atoms with van der Waals surface area (Å²) in [4.78, 5) is 13.1. The SMILES string of the molecule is CNc1[nH+]c(C)c([N+](=O)[O-])c(C)c1C#N. The zero-order valence-corrected chi connectivity index (χ0v) is 8.71. The molecule has 0 saturated carbocycles. The van der Waals surface area contributed by atoms with Gasteiger partial charge in [0.1, 0.15) is 6.07 Å². The number of nitrogens with zero attached hydrogens (tertiary/aromatic N) is 2. The monoisotopic (exact) mass is 207 g/mol. The summed E-state index contributed by atoms with van der Waals surface area (Å²) in [5.41, 5.74) is 1.05. The maximum Gasteiger partial charge on any atom is 0.315 e. The van der Waals surface area contributed by atoms with Gasteiger partial charge in [0.05, 0.1) is 17.5 Å². The lowest BCUT2D eigenvalue weighted by atomic mass is 10.1. The van der Waals surface area contributed by atoms with Gasteiger partial charge in [0, 0.05) is 6.92 Å². The predicted octanol–water partition coefficient (Wildman–Crippen LogP) is 0.939. The minimum Gasteiger partial charge on any atom is -0.276 e. The number of aryl methyl sites for hydroxylation is 1. The van der Waals surface area contributed by atoms with Crippen LogP contribution < -0.4 is 10.3 Å². The van der Waals surface area contributed by atoms with E-state index in [1.165, 1.54) is 0 Å². The van der Waals surface area contributed by atoms with Gasteiger partial charge in [0.2, 0.25) is 0 Å². The van der Waals surface area contributed by atoms with Crippen molar-refractivity contribution >= 4 is 11.5 Å². The summed E-state index contributed by atoms with van der Waals surface area (Å²) < 4.78 is 0. The zero-order valence-electron chi connectivity index (χ0n) is 8.71. The number of nitro groups is 1. The third kappa shape index (κ3) is 1.72. The minimum absolute atomic E-state index is 0.0365. The highest BCUT2D eigenvalue weighted by Crippen LogP contribution is 2.25. The Kier molecular flexibility index (Phi) is 2.85. The van der Waals surface area contributed by atoms with Crippen LogP contribution in [0.3, 0.4) is 0 Å². The van der Waals surface area contributed by atoms with E-state index in [1.54, 1.807) is 20.9 Å². The Bertz CT molecular complexity index is 462. The Morgan fingerprint density at radius 1 is 1.53 bits per heavy atom. The van der Waals surface area contributed by atoms with E-state index in [1.807, 2.05) is 6.07 Å². The molecule has 0 amide bonds. The average molecular weight is 207 g/mol. The van der Waals surface area contributed by atoms with Gasteiger partial charge in [-0.15, -0.1) is 0 Å². The molecule has 0 bridgehead atoms. The molecule has 0 aliphatic carbocycles. The topological polar surface area (TPSA) is 93.1 Å². The first-order chi connectivity index (χ1) is 7.02. The van der Waals surface area contributed by atoms with E-state index in [9.17, 15) is 10.1 Å². The summed E-state index contributed by atoms with van der Waals surface area (Å²) in [5, 5.41) is 22.5. The molecule has 0 atom stereocenters. The molecule has 0 aliphatic rings. The first-order valence-corrected chi connectivity index (χ1v) is 4.31. The second-order valence-electron chi connectivity index (χ2n) is 3.09. The van der Waals surface area contributed by atoms with Crippen LogP contribution in [-0.4, -0.2) is 12.0 Å². The van der Waals surface area contributed by atoms with Crippen molar-refractivity contribution in [1.29, 1.82) is 5.26 Å². The predicted molar refractivity (Wildman–Crippen MR) is 53.4 cm³/mol. The summed E-state index contributed by atoms with van der Waals surface area (Å²) >= 11 is 0. The third-order valence-electron chi connectivity index (χ3n) is 2.19. The highest BCUT2D eigenvalue weighted by Gasteiger charge is 2.25. The highest BCUT2D eigenvalue weighted by molar-refractivity contribution is 5.59. The van der Waals surface area contributed by atoms with Gasteiger partial charge in [-0.25, -0.2) is 4.98 Å². The number of nitriles is 1. The molecule has 0 fully saturated rings. The van der Waals surface area contributed by atoms with E-state index >= 15 is 0 Å². The second-order valence-corrected chi connectivity index (χ2v) is 3.09. The largest absolute Gasteiger partial charge is 0.315 e. The minimum atomic E-state index is -0.485. The molecule has 78 valence electrons. The van der Waals surface area contributed by atoms with Gasteiger partial charge in [-0.2, -0.15) is 5.26 Å². The van der Waals surface area contributed by atoms with Gasteiger partial charge in [-0.05, 0) is 6.92 Å². The first-order valence-electron chi connectivity index (χ1n) is 4.31. The Morgan fingerprint density at radius 2 is 2.13 bits per heavy atom. The van der Waals surface area contributed by atoms with Gasteiger partial charge in [0.25, 0.3) is 5.82 Å². The number of aromatic amines is 1. The molecule has 2 N–H and O–H groups in total. The summed E-state index contributed by atoms with van der Waals surface area (Å²) in [6.07, 6.45) is 0. The van der Waals surface area contributed by atoms with E-state index in [4.69, 9.17) is 5.26 Å². The van der Waals surface area contributed by atoms with Crippen molar-refractivity contribution in [2.24, 2.45) is 0 Å². The first kappa shape index (κ1) is 10.9. The molecule has 1 heterocycles. The molecule has 0 spiro atoms. The van der Waals surface area contributed by atoms with Crippen molar-refractivity contribution in [3.05, 3.63) is 26.9 Å². The van der Waals surface area contributed by atoms with Crippen LogP contribution in [0.5, 0.6) is 0 Å². The maximum absolute atomic E-state index is 10.8. The van der Waals surface area contributed by atoms with Crippen LogP contribution in [0.25, 0.3) is 0 Å². The lowest BCUT2D eigenvalue weighted by Crippen LogP contribution is -2.19. The fraction of sp³-hybridized carbons (Fsp3) is 0.333. The van der Waals surface area contributed by atoms with Crippen molar-refractivity contribution in [1.82, 2.24) is 0 Å². The standard InChI is InChI=1S/C9H10N4O2/c1-5-7(4-10)9(11-3)12-6(2)8(5)13(14)15/h1-3H3,(H,11,12)/p+1. The molecule has 0 aromatic carbocycles. The fourth-order valence-electron chi connectivity index (χ4n) is 1.50. The van der Waals surface area contributed by atoms with Crippen LogP contribution in [0.1, 0.15) is 16.8 Å². The van der Waals surface area contributed by atoms with Crippen molar-refractivity contribution in [2.45, 2.75) is 13.8 Å². The fourth-order valence-corrected chi connectivity index (χ4v) is 1.50. The molecular weight excluding hydrogens is 196 g/mol. The number of rotatable bonds is 2. The lowest BCUT2D eigenvalue weighted by molar-refractivity contribution is -0.419. The molecule has 0 radical (unpaired) electrons. The highest BCUT2D eigenvalue weighted by atomic mass is 16.6. The van der Waals surface area contributed by atoms with Gasteiger partial charge in [-0.1, -0.05) is 0 Å². The van der Waals surface area contributed by atoms with Crippen molar-refractivity contribution in [2.75, 3.05) is 12.4 Å². The van der Waals surface area contributed by atoms with Gasteiger partial charge < -0.3 is 0 Å². The second kappa shape index (κ2) is 3.92. The Hall–Kier alpha value is -2.16. The quantitative estimate of drug-likeness (QED) is 0.576. The maximum atomic E-state index is 10.8. The molecule has 1 aromatic heterocycles. The van der Waals surface area contributed by atoms with Crippen molar-refractivity contribution < 1.29 is 9.91 Å². The van der Waals surface area contributed by atoms with Crippen LogP contribution in [-0.2, 0) is 0 Å².